The average molecular weight is 339 g/mol. The van der Waals surface area contributed by atoms with Crippen LogP contribution < -0.4 is 14.8 Å². The summed E-state index contributed by atoms with van der Waals surface area (Å²) in [7, 11) is 1.40. The van der Waals surface area contributed by atoms with Gasteiger partial charge in [-0.1, -0.05) is 18.2 Å². The number of carbonyl (C=O) groups excluding carboxylic acids is 1. The number of non-ortho nitro benzene ring substituents is 1. The zero-order valence-electron chi connectivity index (χ0n) is 13.1. The van der Waals surface area contributed by atoms with Gasteiger partial charge in [-0.2, -0.15) is 0 Å². The number of nitro groups is 1. The lowest BCUT2D eigenvalue weighted by Crippen LogP contribution is -2.17. The molecule has 0 aliphatic rings. The number of anilines is 1. The third-order valence-electron chi connectivity index (χ3n) is 3.43. The SMILES string of the molecule is COc1ccc([N+](=O)[O-])cc1NC(=O)Oc1cccc2cccnc12. The lowest BCUT2D eigenvalue weighted by atomic mass is 10.2. The first-order valence-electron chi connectivity index (χ1n) is 7.23. The van der Waals surface area contributed by atoms with Gasteiger partial charge in [0.15, 0.2) is 5.75 Å². The molecule has 8 heteroatoms. The minimum absolute atomic E-state index is 0.134. The van der Waals surface area contributed by atoms with Gasteiger partial charge in [-0.3, -0.25) is 20.4 Å². The minimum Gasteiger partial charge on any atom is -0.495 e. The summed E-state index contributed by atoms with van der Waals surface area (Å²) in [5, 5.41) is 14.2. The van der Waals surface area contributed by atoms with Gasteiger partial charge in [0.25, 0.3) is 5.69 Å². The molecule has 0 fully saturated rings. The predicted octanol–water partition coefficient (Wildman–Crippen LogP) is 3.76. The van der Waals surface area contributed by atoms with Crippen LogP contribution in [0.4, 0.5) is 16.2 Å². The second kappa shape index (κ2) is 6.83. The van der Waals surface area contributed by atoms with E-state index in [1.807, 2.05) is 12.1 Å². The summed E-state index contributed by atoms with van der Waals surface area (Å²) >= 11 is 0. The zero-order chi connectivity index (χ0) is 17.8. The van der Waals surface area contributed by atoms with Crippen molar-refractivity contribution in [3.8, 4) is 11.5 Å². The Bertz CT molecular complexity index is 953. The van der Waals surface area contributed by atoms with E-state index in [0.29, 0.717) is 5.52 Å². The smallest absolute Gasteiger partial charge is 0.417 e. The number of hydrogen-bond donors (Lipinski definition) is 1. The summed E-state index contributed by atoms with van der Waals surface area (Å²) in [5.41, 5.74) is 0.490. The molecule has 3 aromatic rings. The highest BCUT2D eigenvalue weighted by Gasteiger charge is 2.15. The van der Waals surface area contributed by atoms with E-state index in [0.717, 1.165) is 5.39 Å². The molecule has 0 spiro atoms. The Kier molecular flexibility index (Phi) is 4.42. The van der Waals surface area contributed by atoms with Crippen LogP contribution in [-0.2, 0) is 0 Å². The number of rotatable bonds is 4. The van der Waals surface area contributed by atoms with Crippen LogP contribution in [0.5, 0.6) is 11.5 Å². The molecule has 1 aromatic heterocycles. The highest BCUT2D eigenvalue weighted by molar-refractivity contribution is 5.92. The van der Waals surface area contributed by atoms with Gasteiger partial charge in [-0.15, -0.1) is 0 Å². The number of benzene rings is 2. The number of ether oxygens (including phenoxy) is 2. The van der Waals surface area contributed by atoms with Crippen LogP contribution in [0.1, 0.15) is 0 Å². The molecule has 1 N–H and O–H groups in total. The number of nitro benzene ring substituents is 1. The molecule has 0 saturated carbocycles. The zero-order valence-corrected chi connectivity index (χ0v) is 13.1. The highest BCUT2D eigenvalue weighted by atomic mass is 16.6. The van der Waals surface area contributed by atoms with Crippen LogP contribution in [0, 0.1) is 10.1 Å². The fourth-order valence-electron chi connectivity index (χ4n) is 2.30. The second-order valence-electron chi connectivity index (χ2n) is 4.99. The van der Waals surface area contributed by atoms with Gasteiger partial charge >= 0.3 is 6.09 Å². The Hall–Kier alpha value is -3.68. The van der Waals surface area contributed by atoms with Crippen molar-refractivity contribution in [1.82, 2.24) is 4.98 Å². The van der Waals surface area contributed by atoms with Crippen LogP contribution >= 0.6 is 0 Å². The maximum atomic E-state index is 12.2. The number of nitrogens with zero attached hydrogens (tertiary/aromatic N) is 2. The van der Waals surface area contributed by atoms with Crippen molar-refractivity contribution < 1.29 is 19.2 Å². The molecule has 1 amide bonds. The quantitative estimate of drug-likeness (QED) is 0.573. The topological polar surface area (TPSA) is 104 Å². The van der Waals surface area contributed by atoms with Gasteiger partial charge in [0.05, 0.1) is 17.7 Å². The summed E-state index contributed by atoms with van der Waals surface area (Å²) in [6, 6.07) is 12.7. The van der Waals surface area contributed by atoms with E-state index in [9.17, 15) is 14.9 Å². The van der Waals surface area contributed by atoms with Crippen molar-refractivity contribution in [3.63, 3.8) is 0 Å². The molecule has 0 saturated heterocycles. The number of amides is 1. The third-order valence-corrected chi connectivity index (χ3v) is 3.43. The molecule has 0 bridgehead atoms. The number of carbonyl (C=O) groups is 1. The lowest BCUT2D eigenvalue weighted by molar-refractivity contribution is -0.384. The van der Waals surface area contributed by atoms with Crippen LogP contribution in [0.25, 0.3) is 10.9 Å². The first kappa shape index (κ1) is 16.2. The summed E-state index contributed by atoms with van der Waals surface area (Å²) in [6.45, 7) is 0. The van der Waals surface area contributed by atoms with E-state index < -0.39 is 11.0 Å². The van der Waals surface area contributed by atoms with Crippen molar-refractivity contribution >= 4 is 28.4 Å². The van der Waals surface area contributed by atoms with Gasteiger partial charge < -0.3 is 9.47 Å². The Morgan fingerprint density at radius 3 is 2.72 bits per heavy atom. The lowest BCUT2D eigenvalue weighted by Gasteiger charge is -2.11. The molecule has 0 unspecified atom stereocenters. The Morgan fingerprint density at radius 2 is 1.96 bits per heavy atom. The van der Waals surface area contributed by atoms with Crippen LogP contribution in [0.15, 0.2) is 54.7 Å². The molecular formula is C17H13N3O5. The number of methoxy groups -OCH3 is 1. The molecule has 0 aliphatic heterocycles. The molecule has 126 valence electrons. The largest absolute Gasteiger partial charge is 0.495 e. The van der Waals surface area contributed by atoms with E-state index >= 15 is 0 Å². The van der Waals surface area contributed by atoms with Gasteiger partial charge in [-0.25, -0.2) is 4.79 Å². The van der Waals surface area contributed by atoms with Crippen molar-refractivity contribution in [1.29, 1.82) is 0 Å². The minimum atomic E-state index is -0.808. The molecular weight excluding hydrogens is 326 g/mol. The number of pyridine rings is 1. The van der Waals surface area contributed by atoms with E-state index in [1.54, 1.807) is 24.4 Å². The first-order valence-corrected chi connectivity index (χ1v) is 7.23. The summed E-state index contributed by atoms with van der Waals surface area (Å²) in [5.74, 6) is 0.554. The average Bonchev–Trinajstić information content (AvgIpc) is 2.62. The van der Waals surface area contributed by atoms with Crippen LogP contribution in [0.3, 0.4) is 0 Å². The molecule has 8 nitrogen and oxygen atoms in total. The van der Waals surface area contributed by atoms with Crippen molar-refractivity contribution in [2.75, 3.05) is 12.4 Å². The third kappa shape index (κ3) is 3.47. The van der Waals surface area contributed by atoms with Gasteiger partial charge in [0, 0.05) is 23.7 Å². The van der Waals surface area contributed by atoms with E-state index in [-0.39, 0.29) is 22.9 Å². The molecule has 0 atom stereocenters. The highest BCUT2D eigenvalue weighted by Crippen LogP contribution is 2.29. The van der Waals surface area contributed by atoms with Crippen LogP contribution in [0.2, 0.25) is 0 Å². The number of hydrogen-bond acceptors (Lipinski definition) is 6. The summed E-state index contributed by atoms with van der Waals surface area (Å²) in [4.78, 5) is 26.7. The number of fused-ring (bicyclic) bond motifs is 1. The van der Waals surface area contributed by atoms with E-state index in [1.165, 1.54) is 25.3 Å². The standard InChI is InChI=1S/C17H13N3O5/c1-24-14-8-7-12(20(22)23)10-13(14)19-17(21)25-15-6-2-4-11-5-3-9-18-16(11)15/h2-10H,1H3,(H,19,21). The second-order valence-corrected chi connectivity index (χ2v) is 4.99. The van der Waals surface area contributed by atoms with Crippen LogP contribution in [-0.4, -0.2) is 23.1 Å². The fourth-order valence-corrected chi connectivity index (χ4v) is 2.30. The molecule has 1 heterocycles. The maximum Gasteiger partial charge on any atom is 0.417 e. The molecule has 25 heavy (non-hydrogen) atoms. The molecule has 0 radical (unpaired) electrons. The van der Waals surface area contributed by atoms with Gasteiger partial charge in [0.2, 0.25) is 0 Å². The first-order chi connectivity index (χ1) is 12.1. The monoisotopic (exact) mass is 339 g/mol. The Morgan fingerprint density at radius 1 is 1.16 bits per heavy atom. The summed E-state index contributed by atoms with van der Waals surface area (Å²) in [6.07, 6.45) is 0.786. The van der Waals surface area contributed by atoms with E-state index in [4.69, 9.17) is 9.47 Å². The molecule has 0 aliphatic carbocycles. The Labute approximate surface area is 142 Å². The van der Waals surface area contributed by atoms with E-state index in [2.05, 4.69) is 10.3 Å². The molecule has 3 rings (SSSR count). The Balaban J connectivity index is 1.85. The molecule has 2 aromatic carbocycles. The van der Waals surface area contributed by atoms with Crippen molar-refractivity contribution in [2.24, 2.45) is 0 Å². The van der Waals surface area contributed by atoms with Gasteiger partial charge in [-0.05, 0) is 18.2 Å². The maximum absolute atomic E-state index is 12.2. The van der Waals surface area contributed by atoms with Crippen molar-refractivity contribution in [3.05, 3.63) is 64.8 Å². The summed E-state index contributed by atoms with van der Waals surface area (Å²) < 4.78 is 10.4. The number of para-hydroxylation sites is 1. The normalized spacial score (nSPS) is 10.3. The van der Waals surface area contributed by atoms with Gasteiger partial charge in [0.1, 0.15) is 11.3 Å². The number of nitrogens with one attached hydrogen (secondary N) is 1. The number of aromatic nitrogens is 1. The fraction of sp³-hybridized carbons (Fsp3) is 0.0588. The predicted molar refractivity (Wildman–Crippen MR) is 91.0 cm³/mol. The van der Waals surface area contributed by atoms with Crippen molar-refractivity contribution in [2.45, 2.75) is 0 Å².